The fourth-order valence-corrected chi connectivity index (χ4v) is 2.52. The Morgan fingerprint density at radius 2 is 2.00 bits per heavy atom. The van der Waals surface area contributed by atoms with Crippen LogP contribution in [0, 0.1) is 13.8 Å². The van der Waals surface area contributed by atoms with Crippen molar-refractivity contribution < 1.29 is 14.3 Å². The summed E-state index contributed by atoms with van der Waals surface area (Å²) < 4.78 is 11.1. The zero-order valence-electron chi connectivity index (χ0n) is 13.8. The van der Waals surface area contributed by atoms with Crippen molar-refractivity contribution in [3.05, 3.63) is 59.2 Å². The number of nitrogens with zero attached hydrogens (tertiary/aromatic N) is 1. The lowest BCUT2D eigenvalue weighted by Crippen LogP contribution is -2.27. The van der Waals surface area contributed by atoms with E-state index in [1.54, 1.807) is 0 Å². The Morgan fingerprint density at radius 3 is 2.79 bits per heavy atom. The first-order chi connectivity index (χ1) is 11.6. The van der Waals surface area contributed by atoms with Crippen molar-refractivity contribution in [1.82, 2.24) is 5.43 Å². The Labute approximate surface area is 141 Å². The number of fused-ring (bicyclic) bond motifs is 1. The number of hydrogen-bond donors (Lipinski definition) is 1. The van der Waals surface area contributed by atoms with E-state index in [2.05, 4.69) is 10.5 Å². The number of carbonyl (C=O) groups excluding carboxylic acids is 1. The van der Waals surface area contributed by atoms with Crippen molar-refractivity contribution in [1.29, 1.82) is 0 Å². The lowest BCUT2D eigenvalue weighted by Gasteiger charge is -2.20. The molecule has 0 bridgehead atoms. The SMILES string of the molecule is Cc1ccc(OCC(=O)NN=C2CCOc3c(C)cccc32)cc1. The van der Waals surface area contributed by atoms with E-state index in [1.807, 2.05) is 56.3 Å². The van der Waals surface area contributed by atoms with Crippen LogP contribution in [0.15, 0.2) is 47.6 Å². The van der Waals surface area contributed by atoms with Gasteiger partial charge in [-0.25, -0.2) is 5.43 Å². The molecule has 124 valence electrons. The van der Waals surface area contributed by atoms with Crippen LogP contribution in [0.25, 0.3) is 0 Å². The summed E-state index contributed by atoms with van der Waals surface area (Å²) in [7, 11) is 0. The molecule has 3 rings (SSSR count). The molecule has 0 aromatic heterocycles. The maximum absolute atomic E-state index is 11.9. The number of nitrogens with one attached hydrogen (secondary N) is 1. The summed E-state index contributed by atoms with van der Waals surface area (Å²) in [6.45, 7) is 4.49. The van der Waals surface area contributed by atoms with E-state index in [1.165, 1.54) is 0 Å². The quantitative estimate of drug-likeness (QED) is 0.880. The van der Waals surface area contributed by atoms with Gasteiger partial charge in [0, 0.05) is 12.0 Å². The number of ether oxygens (including phenoxy) is 2. The van der Waals surface area contributed by atoms with Gasteiger partial charge in [-0.15, -0.1) is 0 Å². The van der Waals surface area contributed by atoms with Crippen molar-refractivity contribution in [3.63, 3.8) is 0 Å². The van der Waals surface area contributed by atoms with Gasteiger partial charge in [-0.05, 0) is 37.6 Å². The number of hydrogen-bond acceptors (Lipinski definition) is 4. The molecule has 2 aromatic carbocycles. The molecule has 0 aliphatic carbocycles. The molecule has 1 N–H and O–H groups in total. The zero-order valence-corrected chi connectivity index (χ0v) is 13.8. The highest BCUT2D eigenvalue weighted by molar-refractivity contribution is 6.04. The fraction of sp³-hybridized carbons (Fsp3) is 0.263. The van der Waals surface area contributed by atoms with Crippen LogP contribution in [-0.4, -0.2) is 24.8 Å². The molecule has 0 fully saturated rings. The Hall–Kier alpha value is -2.82. The number of rotatable bonds is 4. The lowest BCUT2D eigenvalue weighted by molar-refractivity contribution is -0.123. The van der Waals surface area contributed by atoms with Gasteiger partial charge >= 0.3 is 0 Å². The highest BCUT2D eigenvalue weighted by Gasteiger charge is 2.18. The normalized spacial score (nSPS) is 14.7. The summed E-state index contributed by atoms with van der Waals surface area (Å²) >= 11 is 0. The van der Waals surface area contributed by atoms with E-state index in [9.17, 15) is 4.79 Å². The Morgan fingerprint density at radius 1 is 1.21 bits per heavy atom. The topological polar surface area (TPSA) is 59.9 Å². The van der Waals surface area contributed by atoms with Crippen LogP contribution >= 0.6 is 0 Å². The summed E-state index contributed by atoms with van der Waals surface area (Å²) in [5.74, 6) is 1.21. The molecule has 0 radical (unpaired) electrons. The van der Waals surface area contributed by atoms with Crippen LogP contribution in [0.2, 0.25) is 0 Å². The van der Waals surface area contributed by atoms with Gasteiger partial charge in [-0.2, -0.15) is 5.10 Å². The highest BCUT2D eigenvalue weighted by atomic mass is 16.5. The van der Waals surface area contributed by atoms with Crippen molar-refractivity contribution in [3.8, 4) is 11.5 Å². The number of aryl methyl sites for hydroxylation is 2. The molecule has 0 atom stereocenters. The molecule has 0 spiro atoms. The summed E-state index contributed by atoms with van der Waals surface area (Å²) in [6.07, 6.45) is 0.662. The molecular weight excluding hydrogens is 304 g/mol. The smallest absolute Gasteiger partial charge is 0.277 e. The van der Waals surface area contributed by atoms with Crippen molar-refractivity contribution >= 4 is 11.6 Å². The number of benzene rings is 2. The van der Waals surface area contributed by atoms with Gasteiger partial charge in [0.1, 0.15) is 11.5 Å². The molecule has 5 heteroatoms. The summed E-state index contributed by atoms with van der Waals surface area (Å²) in [5.41, 5.74) is 6.53. The Bertz CT molecular complexity index is 767. The maximum Gasteiger partial charge on any atom is 0.277 e. The van der Waals surface area contributed by atoms with Crippen molar-refractivity contribution in [2.24, 2.45) is 5.10 Å². The first-order valence-corrected chi connectivity index (χ1v) is 7.91. The second-order valence-electron chi connectivity index (χ2n) is 5.75. The molecule has 24 heavy (non-hydrogen) atoms. The van der Waals surface area contributed by atoms with E-state index in [-0.39, 0.29) is 12.5 Å². The third-order valence-corrected chi connectivity index (χ3v) is 3.81. The zero-order chi connectivity index (χ0) is 16.9. The standard InChI is InChI=1S/C19H20N2O3/c1-13-6-8-15(9-7-13)24-12-18(22)21-20-17-10-11-23-19-14(2)4-3-5-16(17)19/h3-9H,10-12H2,1-2H3,(H,21,22). The number of carbonyl (C=O) groups is 1. The largest absolute Gasteiger partial charge is 0.492 e. The van der Waals surface area contributed by atoms with Gasteiger partial charge in [-0.3, -0.25) is 4.79 Å². The molecule has 1 aliphatic rings. The second kappa shape index (κ2) is 7.17. The minimum atomic E-state index is -0.288. The first kappa shape index (κ1) is 16.1. The summed E-state index contributed by atoms with van der Waals surface area (Å²) in [5, 5.41) is 4.25. The van der Waals surface area contributed by atoms with Crippen LogP contribution < -0.4 is 14.9 Å². The molecular formula is C19H20N2O3. The Kier molecular flexibility index (Phi) is 4.79. The second-order valence-corrected chi connectivity index (χ2v) is 5.75. The van der Waals surface area contributed by atoms with Crippen molar-refractivity contribution in [2.45, 2.75) is 20.3 Å². The third kappa shape index (κ3) is 3.74. The van der Waals surface area contributed by atoms with Crippen LogP contribution in [0.5, 0.6) is 11.5 Å². The van der Waals surface area contributed by atoms with Crippen LogP contribution in [0.3, 0.4) is 0 Å². The van der Waals surface area contributed by atoms with Gasteiger partial charge in [-0.1, -0.05) is 29.8 Å². The predicted octanol–water partition coefficient (Wildman–Crippen LogP) is 2.99. The molecule has 5 nitrogen and oxygen atoms in total. The molecule has 0 saturated heterocycles. The summed E-state index contributed by atoms with van der Waals surface area (Å²) in [4.78, 5) is 11.9. The monoisotopic (exact) mass is 324 g/mol. The number of amides is 1. The van der Waals surface area contributed by atoms with Crippen LogP contribution in [-0.2, 0) is 4.79 Å². The summed E-state index contributed by atoms with van der Waals surface area (Å²) in [6, 6.07) is 13.5. The van der Waals surface area contributed by atoms with E-state index < -0.39 is 0 Å². The van der Waals surface area contributed by atoms with Gasteiger partial charge in [0.15, 0.2) is 6.61 Å². The third-order valence-electron chi connectivity index (χ3n) is 3.81. The predicted molar refractivity (Wildman–Crippen MR) is 92.6 cm³/mol. The molecule has 2 aromatic rings. The molecule has 0 saturated carbocycles. The minimum Gasteiger partial charge on any atom is -0.492 e. The average Bonchev–Trinajstić information content (AvgIpc) is 2.60. The van der Waals surface area contributed by atoms with E-state index in [0.29, 0.717) is 18.8 Å². The number of hydrazone groups is 1. The average molecular weight is 324 g/mol. The van der Waals surface area contributed by atoms with E-state index >= 15 is 0 Å². The van der Waals surface area contributed by atoms with Gasteiger partial charge < -0.3 is 9.47 Å². The van der Waals surface area contributed by atoms with Crippen LogP contribution in [0.4, 0.5) is 0 Å². The fourth-order valence-electron chi connectivity index (χ4n) is 2.52. The van der Waals surface area contributed by atoms with E-state index in [4.69, 9.17) is 9.47 Å². The molecule has 1 heterocycles. The minimum absolute atomic E-state index is 0.0724. The van der Waals surface area contributed by atoms with Gasteiger partial charge in [0.05, 0.1) is 12.3 Å². The van der Waals surface area contributed by atoms with E-state index in [0.717, 1.165) is 28.2 Å². The Balaban J connectivity index is 1.61. The molecule has 0 unspecified atom stereocenters. The molecule has 1 amide bonds. The van der Waals surface area contributed by atoms with Gasteiger partial charge in [0.25, 0.3) is 5.91 Å². The lowest BCUT2D eigenvalue weighted by atomic mass is 10.0. The van der Waals surface area contributed by atoms with Crippen molar-refractivity contribution in [2.75, 3.05) is 13.2 Å². The highest BCUT2D eigenvalue weighted by Crippen LogP contribution is 2.28. The van der Waals surface area contributed by atoms with Crippen LogP contribution in [0.1, 0.15) is 23.1 Å². The van der Waals surface area contributed by atoms with Gasteiger partial charge in [0.2, 0.25) is 0 Å². The maximum atomic E-state index is 11.9. The molecule has 1 aliphatic heterocycles. The first-order valence-electron chi connectivity index (χ1n) is 7.91. The number of para-hydroxylation sites is 1.